The van der Waals surface area contributed by atoms with E-state index in [1.165, 1.54) is 0 Å². The van der Waals surface area contributed by atoms with Crippen molar-refractivity contribution >= 4 is 5.97 Å². The second-order valence-electron chi connectivity index (χ2n) is 4.02. The van der Waals surface area contributed by atoms with Crippen LogP contribution in [0.15, 0.2) is 36.4 Å². The lowest BCUT2D eigenvalue weighted by Gasteiger charge is -2.11. The molecule has 1 aliphatic carbocycles. The summed E-state index contributed by atoms with van der Waals surface area (Å²) in [6.45, 7) is 0.798. The molecule has 0 heterocycles. The van der Waals surface area contributed by atoms with Gasteiger partial charge in [0.25, 0.3) is 0 Å². The second-order valence-corrected chi connectivity index (χ2v) is 4.02. The maximum atomic E-state index is 10.7. The Hall–Kier alpha value is -1.61. The second kappa shape index (κ2) is 4.94. The molecule has 0 unspecified atom stereocenters. The number of rotatable bonds is 4. The molecule has 2 rings (SSSR count). The molecule has 0 aromatic heterocycles. The number of carbonyl (C=O) groups is 1. The van der Waals surface area contributed by atoms with Gasteiger partial charge in [-0.15, -0.1) is 0 Å². The maximum Gasteiger partial charge on any atom is 0.335 e. The first kappa shape index (κ1) is 10.9. The van der Waals surface area contributed by atoms with Crippen LogP contribution in [-0.2, 0) is 6.54 Å². The van der Waals surface area contributed by atoms with E-state index in [0.29, 0.717) is 11.6 Å². The summed E-state index contributed by atoms with van der Waals surface area (Å²) in [5.74, 6) is -0.875. The molecule has 16 heavy (non-hydrogen) atoms. The Morgan fingerprint density at radius 1 is 1.25 bits per heavy atom. The highest BCUT2D eigenvalue weighted by atomic mass is 16.4. The predicted molar refractivity (Wildman–Crippen MR) is 62.4 cm³/mol. The summed E-state index contributed by atoms with van der Waals surface area (Å²) in [6, 6.07) is 7.55. The van der Waals surface area contributed by atoms with Gasteiger partial charge in [-0.25, -0.2) is 4.79 Å². The Morgan fingerprint density at radius 3 is 2.44 bits per heavy atom. The van der Waals surface area contributed by atoms with Crippen LogP contribution in [0.25, 0.3) is 0 Å². The number of nitrogens with one attached hydrogen (secondary N) is 1. The van der Waals surface area contributed by atoms with Crippen LogP contribution < -0.4 is 5.32 Å². The Bertz CT molecular complexity index is 387. The Morgan fingerprint density at radius 2 is 1.88 bits per heavy atom. The number of carboxylic acid groups (broad SMARTS) is 1. The van der Waals surface area contributed by atoms with E-state index in [2.05, 4.69) is 17.5 Å². The minimum absolute atomic E-state index is 0.339. The summed E-state index contributed by atoms with van der Waals surface area (Å²) in [4.78, 5) is 10.7. The van der Waals surface area contributed by atoms with E-state index in [0.717, 1.165) is 24.9 Å². The summed E-state index contributed by atoms with van der Waals surface area (Å²) in [5.41, 5.74) is 1.46. The summed E-state index contributed by atoms with van der Waals surface area (Å²) < 4.78 is 0. The Balaban J connectivity index is 1.87. The fourth-order valence-electron chi connectivity index (χ4n) is 1.81. The van der Waals surface area contributed by atoms with Crippen molar-refractivity contribution in [3.8, 4) is 0 Å². The zero-order valence-electron chi connectivity index (χ0n) is 9.02. The van der Waals surface area contributed by atoms with Crippen LogP contribution in [0.5, 0.6) is 0 Å². The zero-order chi connectivity index (χ0) is 11.4. The first-order chi connectivity index (χ1) is 7.75. The van der Waals surface area contributed by atoms with Crippen LogP contribution in [0, 0.1) is 0 Å². The van der Waals surface area contributed by atoms with Gasteiger partial charge in [-0.1, -0.05) is 24.3 Å². The van der Waals surface area contributed by atoms with Crippen molar-refractivity contribution < 1.29 is 9.90 Å². The largest absolute Gasteiger partial charge is 0.478 e. The molecule has 0 amide bonds. The first-order valence-electron chi connectivity index (χ1n) is 5.46. The van der Waals surface area contributed by atoms with Crippen LogP contribution in [0.2, 0.25) is 0 Å². The van der Waals surface area contributed by atoms with Crippen molar-refractivity contribution in [2.75, 3.05) is 0 Å². The molecule has 0 radical (unpaired) electrons. The molecule has 0 fully saturated rings. The topological polar surface area (TPSA) is 49.3 Å². The van der Waals surface area contributed by atoms with Crippen molar-refractivity contribution in [2.24, 2.45) is 0 Å². The number of hydrogen-bond acceptors (Lipinski definition) is 2. The fraction of sp³-hybridized carbons (Fsp3) is 0.308. The van der Waals surface area contributed by atoms with Gasteiger partial charge in [0.1, 0.15) is 0 Å². The minimum Gasteiger partial charge on any atom is -0.478 e. The standard InChI is InChI=1S/C13H15NO2/c15-13(16)11-7-5-10(6-8-11)9-14-12-3-1-2-4-12/h1-2,5-8,12,14H,3-4,9H2,(H,15,16). The smallest absolute Gasteiger partial charge is 0.335 e. The van der Waals surface area contributed by atoms with Gasteiger partial charge in [0.2, 0.25) is 0 Å². The van der Waals surface area contributed by atoms with E-state index in [-0.39, 0.29) is 0 Å². The van der Waals surface area contributed by atoms with Gasteiger partial charge in [-0.05, 0) is 30.5 Å². The van der Waals surface area contributed by atoms with Gasteiger partial charge in [0.15, 0.2) is 0 Å². The van der Waals surface area contributed by atoms with Crippen LogP contribution in [0.3, 0.4) is 0 Å². The summed E-state index contributed by atoms with van der Waals surface area (Å²) in [5, 5.41) is 12.2. The van der Waals surface area contributed by atoms with Crippen LogP contribution in [0.1, 0.15) is 28.8 Å². The number of carboxylic acids is 1. The molecule has 0 atom stereocenters. The highest BCUT2D eigenvalue weighted by Gasteiger charge is 2.09. The van der Waals surface area contributed by atoms with Crippen molar-refractivity contribution in [3.63, 3.8) is 0 Å². The molecule has 0 saturated carbocycles. The number of benzene rings is 1. The van der Waals surface area contributed by atoms with Crippen LogP contribution in [-0.4, -0.2) is 17.1 Å². The number of aromatic carboxylic acids is 1. The van der Waals surface area contributed by atoms with Gasteiger partial charge in [0, 0.05) is 12.6 Å². The van der Waals surface area contributed by atoms with Gasteiger partial charge < -0.3 is 10.4 Å². The molecule has 1 aromatic rings. The van der Waals surface area contributed by atoms with E-state index in [4.69, 9.17) is 5.11 Å². The van der Waals surface area contributed by atoms with Crippen molar-refractivity contribution in [3.05, 3.63) is 47.5 Å². The minimum atomic E-state index is -0.875. The molecule has 0 saturated heterocycles. The summed E-state index contributed by atoms with van der Waals surface area (Å²) in [6.07, 6.45) is 6.55. The summed E-state index contributed by atoms with van der Waals surface area (Å²) >= 11 is 0. The van der Waals surface area contributed by atoms with Crippen molar-refractivity contribution in [1.29, 1.82) is 0 Å². The highest BCUT2D eigenvalue weighted by molar-refractivity contribution is 5.87. The maximum absolute atomic E-state index is 10.7. The van der Waals surface area contributed by atoms with E-state index in [1.54, 1.807) is 12.1 Å². The SMILES string of the molecule is O=C(O)c1ccc(CNC2CC=CC2)cc1. The molecule has 1 aromatic carbocycles. The molecule has 84 valence electrons. The fourth-order valence-corrected chi connectivity index (χ4v) is 1.81. The predicted octanol–water partition coefficient (Wildman–Crippen LogP) is 2.19. The van der Waals surface area contributed by atoms with Gasteiger partial charge in [-0.2, -0.15) is 0 Å². The summed E-state index contributed by atoms with van der Waals surface area (Å²) in [7, 11) is 0. The first-order valence-corrected chi connectivity index (χ1v) is 5.46. The lowest BCUT2D eigenvalue weighted by Crippen LogP contribution is -2.25. The van der Waals surface area contributed by atoms with Gasteiger partial charge in [-0.3, -0.25) is 0 Å². The normalized spacial score (nSPS) is 15.5. The average molecular weight is 217 g/mol. The lowest BCUT2D eigenvalue weighted by molar-refractivity contribution is 0.0697. The monoisotopic (exact) mass is 217 g/mol. The zero-order valence-corrected chi connectivity index (χ0v) is 9.02. The molecular formula is C13H15NO2. The highest BCUT2D eigenvalue weighted by Crippen LogP contribution is 2.11. The third-order valence-corrected chi connectivity index (χ3v) is 2.80. The van der Waals surface area contributed by atoms with E-state index in [9.17, 15) is 4.79 Å². The van der Waals surface area contributed by atoms with E-state index >= 15 is 0 Å². The van der Waals surface area contributed by atoms with Gasteiger partial charge >= 0.3 is 5.97 Å². The Kier molecular flexibility index (Phi) is 3.37. The van der Waals surface area contributed by atoms with Crippen LogP contribution in [0.4, 0.5) is 0 Å². The molecule has 0 spiro atoms. The molecule has 0 bridgehead atoms. The van der Waals surface area contributed by atoms with Gasteiger partial charge in [0.05, 0.1) is 5.56 Å². The molecule has 1 aliphatic rings. The van der Waals surface area contributed by atoms with Crippen molar-refractivity contribution in [2.45, 2.75) is 25.4 Å². The molecule has 2 N–H and O–H groups in total. The third-order valence-electron chi connectivity index (χ3n) is 2.80. The average Bonchev–Trinajstić information content (AvgIpc) is 2.80. The van der Waals surface area contributed by atoms with E-state index in [1.807, 2.05) is 12.1 Å². The number of hydrogen-bond donors (Lipinski definition) is 2. The van der Waals surface area contributed by atoms with Crippen LogP contribution >= 0.6 is 0 Å². The molecule has 3 heteroatoms. The third kappa shape index (κ3) is 2.70. The Labute approximate surface area is 94.8 Å². The molecule has 3 nitrogen and oxygen atoms in total. The molecular weight excluding hydrogens is 202 g/mol. The lowest BCUT2D eigenvalue weighted by atomic mass is 10.1. The van der Waals surface area contributed by atoms with Crippen molar-refractivity contribution in [1.82, 2.24) is 5.32 Å². The quantitative estimate of drug-likeness (QED) is 0.760. The van der Waals surface area contributed by atoms with E-state index < -0.39 is 5.97 Å². The molecule has 0 aliphatic heterocycles.